The van der Waals surface area contributed by atoms with Crippen molar-refractivity contribution in [3.05, 3.63) is 40.3 Å². The molecule has 1 aromatic heterocycles. The van der Waals surface area contributed by atoms with Crippen LogP contribution in [0.1, 0.15) is 39.0 Å². The average molecular weight is 394 g/mol. The molecule has 0 N–H and O–H groups in total. The summed E-state index contributed by atoms with van der Waals surface area (Å²) in [6.07, 6.45) is 2.84. The van der Waals surface area contributed by atoms with Crippen LogP contribution in [0.5, 0.6) is 5.75 Å². The Labute approximate surface area is 163 Å². The van der Waals surface area contributed by atoms with E-state index in [1.54, 1.807) is 19.4 Å². The zero-order valence-corrected chi connectivity index (χ0v) is 17.0. The third-order valence-electron chi connectivity index (χ3n) is 4.98. The minimum Gasteiger partial charge on any atom is -0.494 e. The summed E-state index contributed by atoms with van der Waals surface area (Å²) in [5.74, 6) is 0.539. The van der Waals surface area contributed by atoms with Crippen molar-refractivity contribution in [3.63, 3.8) is 0 Å². The number of benzene rings is 1. The molecule has 0 atom stereocenters. The molecule has 2 aromatic rings. The number of nitrogens with zero attached hydrogens (tertiary/aromatic N) is 3. The summed E-state index contributed by atoms with van der Waals surface area (Å²) in [6, 6.07) is 3.53. The van der Waals surface area contributed by atoms with E-state index in [1.807, 2.05) is 40.7 Å². The zero-order valence-electron chi connectivity index (χ0n) is 16.2. The van der Waals surface area contributed by atoms with Gasteiger partial charge in [0.1, 0.15) is 22.9 Å². The number of aromatic nitrogens is 3. The number of hydrogen-bond donors (Lipinski definition) is 0. The molecule has 27 heavy (non-hydrogen) atoms. The molecular weight excluding hydrogens is 371 g/mol. The van der Waals surface area contributed by atoms with Crippen molar-refractivity contribution in [3.8, 4) is 11.4 Å². The molecule has 6 nitrogen and oxygen atoms in total. The first-order valence-corrected chi connectivity index (χ1v) is 8.91. The minimum absolute atomic E-state index is 0.330. The molecule has 1 aliphatic heterocycles. The van der Waals surface area contributed by atoms with Crippen LogP contribution < -0.4 is 4.74 Å². The Morgan fingerprint density at radius 2 is 1.89 bits per heavy atom. The van der Waals surface area contributed by atoms with Crippen LogP contribution in [0.25, 0.3) is 11.8 Å². The normalized spacial score (nSPS) is 18.8. The van der Waals surface area contributed by atoms with Gasteiger partial charge < -0.3 is 14.0 Å². The summed E-state index contributed by atoms with van der Waals surface area (Å²) in [6.45, 7) is 9.34. The van der Waals surface area contributed by atoms with Gasteiger partial charge in [0.25, 0.3) is 0 Å². The van der Waals surface area contributed by atoms with Crippen molar-refractivity contribution in [1.29, 1.82) is 0 Å². The maximum atomic E-state index is 14.6. The third kappa shape index (κ3) is 3.74. The molecule has 0 unspecified atom stereocenters. The Morgan fingerprint density at radius 1 is 1.26 bits per heavy atom. The lowest BCUT2D eigenvalue weighted by molar-refractivity contribution is 0.00578. The van der Waals surface area contributed by atoms with Gasteiger partial charge in [-0.3, -0.25) is 0 Å². The standard InChI is InChI=1S/C18H22BClFN3O3/c1-11-7-14(15(25-6)9-13(11)20)24-10-12(22-23-24)8-16(21)19-26-17(2,3)18(4,5)27-19/h7-10H,1-6H3. The highest BCUT2D eigenvalue weighted by Crippen LogP contribution is 2.39. The number of aryl methyl sites for hydroxylation is 1. The quantitative estimate of drug-likeness (QED) is 0.729. The van der Waals surface area contributed by atoms with E-state index in [1.165, 1.54) is 10.8 Å². The highest BCUT2D eigenvalue weighted by Gasteiger charge is 2.53. The SMILES string of the molecule is COc1cc(Cl)c(C)cc1-n1cc(C=C(F)B2OC(C)(C)C(C)(C)O2)nn1. The summed E-state index contributed by atoms with van der Waals surface area (Å²) in [4.78, 5) is 0. The first-order chi connectivity index (χ1) is 12.5. The predicted octanol–water partition coefficient (Wildman–Crippen LogP) is 4.18. The number of ether oxygens (including phenoxy) is 1. The third-order valence-corrected chi connectivity index (χ3v) is 5.39. The van der Waals surface area contributed by atoms with Crippen LogP contribution in [0.2, 0.25) is 5.02 Å². The van der Waals surface area contributed by atoms with Crippen LogP contribution in [0.4, 0.5) is 4.39 Å². The molecule has 0 amide bonds. The lowest BCUT2D eigenvalue weighted by Crippen LogP contribution is -2.41. The van der Waals surface area contributed by atoms with Crippen LogP contribution in [-0.2, 0) is 9.31 Å². The summed E-state index contributed by atoms with van der Waals surface area (Å²) in [7, 11) is 0.465. The smallest absolute Gasteiger partial charge is 0.494 e. The van der Waals surface area contributed by atoms with Crippen LogP contribution >= 0.6 is 11.6 Å². The molecule has 0 spiro atoms. The molecule has 1 saturated heterocycles. The van der Waals surface area contributed by atoms with E-state index in [0.717, 1.165) is 5.56 Å². The van der Waals surface area contributed by atoms with Crippen molar-refractivity contribution in [2.45, 2.75) is 45.8 Å². The van der Waals surface area contributed by atoms with Gasteiger partial charge in [-0.1, -0.05) is 16.8 Å². The first kappa shape index (κ1) is 19.9. The van der Waals surface area contributed by atoms with Gasteiger partial charge in [-0.25, -0.2) is 9.07 Å². The lowest BCUT2D eigenvalue weighted by atomic mass is 9.87. The van der Waals surface area contributed by atoms with Crippen molar-refractivity contribution in [2.75, 3.05) is 7.11 Å². The second-order valence-corrected chi connectivity index (χ2v) is 7.89. The van der Waals surface area contributed by atoms with Gasteiger partial charge in [0.15, 0.2) is 0 Å². The highest BCUT2D eigenvalue weighted by atomic mass is 35.5. The molecule has 3 rings (SSSR count). The second-order valence-electron chi connectivity index (χ2n) is 7.48. The Morgan fingerprint density at radius 3 is 2.48 bits per heavy atom. The topological polar surface area (TPSA) is 58.4 Å². The first-order valence-electron chi connectivity index (χ1n) is 8.53. The van der Waals surface area contributed by atoms with E-state index in [0.29, 0.717) is 22.2 Å². The Kier molecular flexibility index (Phi) is 5.09. The maximum Gasteiger partial charge on any atom is 0.525 e. The molecule has 0 bridgehead atoms. The van der Waals surface area contributed by atoms with Crippen molar-refractivity contribution in [2.24, 2.45) is 0 Å². The molecule has 2 heterocycles. The predicted molar refractivity (Wildman–Crippen MR) is 103 cm³/mol. The summed E-state index contributed by atoms with van der Waals surface area (Å²) >= 11 is 6.13. The molecule has 1 aliphatic rings. The molecular formula is C18H22BClFN3O3. The molecule has 0 radical (unpaired) electrons. The van der Waals surface area contributed by atoms with Crippen LogP contribution in [0.3, 0.4) is 0 Å². The number of hydrogen-bond acceptors (Lipinski definition) is 5. The fourth-order valence-corrected chi connectivity index (χ4v) is 2.77. The van der Waals surface area contributed by atoms with E-state index < -0.39 is 24.0 Å². The Bertz CT molecular complexity index is 882. The maximum absolute atomic E-state index is 14.6. The Balaban J connectivity index is 1.87. The van der Waals surface area contributed by atoms with Crippen molar-refractivity contribution < 1.29 is 18.4 Å². The van der Waals surface area contributed by atoms with E-state index >= 15 is 0 Å². The monoisotopic (exact) mass is 393 g/mol. The van der Waals surface area contributed by atoms with Crippen molar-refractivity contribution >= 4 is 24.8 Å². The van der Waals surface area contributed by atoms with E-state index in [9.17, 15) is 4.39 Å². The molecule has 1 aromatic carbocycles. The van der Waals surface area contributed by atoms with Gasteiger partial charge in [0.2, 0.25) is 0 Å². The molecule has 9 heteroatoms. The van der Waals surface area contributed by atoms with Gasteiger partial charge in [-0.15, -0.1) is 5.10 Å². The molecule has 0 saturated carbocycles. The van der Waals surface area contributed by atoms with Gasteiger partial charge in [0.05, 0.1) is 24.5 Å². The van der Waals surface area contributed by atoms with E-state index in [-0.39, 0.29) is 0 Å². The second kappa shape index (κ2) is 6.93. The molecule has 0 aliphatic carbocycles. The van der Waals surface area contributed by atoms with E-state index in [2.05, 4.69) is 10.3 Å². The van der Waals surface area contributed by atoms with Gasteiger partial charge >= 0.3 is 7.12 Å². The Hall–Kier alpha value is -1.90. The van der Waals surface area contributed by atoms with Crippen LogP contribution in [-0.4, -0.2) is 40.4 Å². The van der Waals surface area contributed by atoms with Gasteiger partial charge in [-0.2, -0.15) is 0 Å². The number of methoxy groups -OCH3 is 1. The summed E-state index contributed by atoms with van der Waals surface area (Å²) in [5, 5.41) is 8.64. The van der Waals surface area contributed by atoms with Crippen molar-refractivity contribution in [1.82, 2.24) is 15.0 Å². The van der Waals surface area contributed by atoms with Gasteiger partial charge in [-0.05, 0) is 52.3 Å². The molecule has 144 valence electrons. The average Bonchev–Trinajstić information content (AvgIpc) is 3.11. The number of halogens is 2. The zero-order chi connectivity index (χ0) is 20.0. The van der Waals surface area contributed by atoms with Crippen LogP contribution in [0, 0.1) is 6.92 Å². The fourth-order valence-electron chi connectivity index (χ4n) is 2.62. The van der Waals surface area contributed by atoms with Crippen LogP contribution in [0.15, 0.2) is 24.1 Å². The lowest BCUT2D eigenvalue weighted by Gasteiger charge is -2.32. The minimum atomic E-state index is -1.08. The largest absolute Gasteiger partial charge is 0.525 e. The molecule has 1 fully saturated rings. The van der Waals surface area contributed by atoms with E-state index in [4.69, 9.17) is 25.6 Å². The fraction of sp³-hybridized carbons (Fsp3) is 0.444. The van der Waals surface area contributed by atoms with Gasteiger partial charge in [0, 0.05) is 11.1 Å². The number of rotatable bonds is 4. The summed E-state index contributed by atoms with van der Waals surface area (Å²) in [5.41, 5.74) is 0.0476. The highest BCUT2D eigenvalue weighted by molar-refractivity contribution is 6.54. The summed E-state index contributed by atoms with van der Waals surface area (Å²) < 4.78 is 32.9.